The second-order valence-electron chi connectivity index (χ2n) is 5.98. The number of halogens is 1. The normalized spacial score (nSPS) is 20.8. The van der Waals surface area contributed by atoms with Crippen LogP contribution in [0.1, 0.15) is 19.4 Å². The Morgan fingerprint density at radius 3 is 2.86 bits per heavy atom. The highest BCUT2D eigenvalue weighted by molar-refractivity contribution is 6.31. The van der Waals surface area contributed by atoms with E-state index in [1.165, 1.54) is 0 Å². The van der Waals surface area contributed by atoms with Gasteiger partial charge in [0.2, 0.25) is 0 Å². The molecule has 122 valence electrons. The summed E-state index contributed by atoms with van der Waals surface area (Å²) in [5, 5.41) is 13.1. The van der Waals surface area contributed by atoms with Crippen LogP contribution in [0.15, 0.2) is 18.2 Å². The van der Waals surface area contributed by atoms with Gasteiger partial charge < -0.3 is 15.3 Å². The second-order valence-corrected chi connectivity index (χ2v) is 6.39. The number of urea groups is 1. The van der Waals surface area contributed by atoms with Gasteiger partial charge in [0, 0.05) is 42.9 Å². The second kappa shape index (κ2) is 7.31. The van der Waals surface area contributed by atoms with Gasteiger partial charge in [-0.15, -0.1) is 0 Å². The Kier molecular flexibility index (Phi) is 5.67. The summed E-state index contributed by atoms with van der Waals surface area (Å²) in [6.07, 6.45) is -0.350. The van der Waals surface area contributed by atoms with Gasteiger partial charge in [-0.1, -0.05) is 17.7 Å². The lowest BCUT2D eigenvalue weighted by Crippen LogP contribution is -2.55. The number of nitrogens with one attached hydrogen (secondary N) is 1. The minimum atomic E-state index is -0.350. The van der Waals surface area contributed by atoms with Crippen LogP contribution in [-0.4, -0.2) is 59.3 Å². The van der Waals surface area contributed by atoms with Crippen molar-refractivity contribution in [1.82, 2.24) is 9.80 Å². The molecular formula is C16H24ClN3O2. The smallest absolute Gasteiger partial charge is 0.321 e. The first kappa shape index (κ1) is 17.1. The van der Waals surface area contributed by atoms with Crippen molar-refractivity contribution in [2.75, 3.05) is 31.5 Å². The average Bonchev–Trinajstić information content (AvgIpc) is 2.45. The average molecular weight is 326 g/mol. The molecule has 1 fully saturated rings. The number of carbonyl (C=O) groups excluding carboxylic acids is 1. The van der Waals surface area contributed by atoms with E-state index in [0.29, 0.717) is 24.7 Å². The standard InChI is InChI=1S/C16H24ClN3O2/c1-11-9-20(8-7-19(11)10-12(2)21)16(22)18-15-6-4-5-14(17)13(15)3/h4-6,11-12,21H,7-10H2,1-3H3,(H,18,22)/t11-,12+/m1/s1. The summed E-state index contributed by atoms with van der Waals surface area (Å²) >= 11 is 6.08. The van der Waals surface area contributed by atoms with Gasteiger partial charge in [-0.3, -0.25) is 4.90 Å². The Bertz CT molecular complexity index is 536. The molecule has 1 heterocycles. The first-order valence-electron chi connectivity index (χ1n) is 7.61. The highest BCUT2D eigenvalue weighted by atomic mass is 35.5. The van der Waals surface area contributed by atoms with Crippen molar-refractivity contribution in [1.29, 1.82) is 0 Å². The van der Waals surface area contributed by atoms with E-state index in [1.807, 2.05) is 30.0 Å². The summed E-state index contributed by atoms with van der Waals surface area (Å²) in [4.78, 5) is 16.4. The molecule has 1 aromatic rings. The quantitative estimate of drug-likeness (QED) is 0.898. The predicted octanol–water partition coefficient (Wildman–Crippen LogP) is 2.57. The molecule has 1 saturated heterocycles. The molecule has 22 heavy (non-hydrogen) atoms. The maximum absolute atomic E-state index is 12.4. The van der Waals surface area contributed by atoms with E-state index in [4.69, 9.17) is 11.6 Å². The first-order valence-corrected chi connectivity index (χ1v) is 7.99. The lowest BCUT2D eigenvalue weighted by Gasteiger charge is -2.40. The molecule has 1 aromatic carbocycles. The van der Waals surface area contributed by atoms with Crippen LogP contribution in [0, 0.1) is 6.92 Å². The number of nitrogens with zero attached hydrogens (tertiary/aromatic N) is 2. The summed E-state index contributed by atoms with van der Waals surface area (Å²) < 4.78 is 0. The van der Waals surface area contributed by atoms with E-state index in [0.717, 1.165) is 17.8 Å². The van der Waals surface area contributed by atoms with Crippen molar-refractivity contribution >= 4 is 23.3 Å². The Morgan fingerprint density at radius 2 is 2.23 bits per heavy atom. The molecule has 0 aliphatic carbocycles. The van der Waals surface area contributed by atoms with Crippen LogP contribution in [0.5, 0.6) is 0 Å². The molecular weight excluding hydrogens is 302 g/mol. The highest BCUT2D eigenvalue weighted by Crippen LogP contribution is 2.23. The number of carbonyl (C=O) groups is 1. The Morgan fingerprint density at radius 1 is 1.50 bits per heavy atom. The fraction of sp³-hybridized carbons (Fsp3) is 0.562. The molecule has 6 heteroatoms. The molecule has 5 nitrogen and oxygen atoms in total. The van der Waals surface area contributed by atoms with Crippen LogP contribution in [-0.2, 0) is 0 Å². The molecule has 2 rings (SSSR count). The topological polar surface area (TPSA) is 55.8 Å². The number of anilines is 1. The van der Waals surface area contributed by atoms with Crippen molar-refractivity contribution in [3.8, 4) is 0 Å². The van der Waals surface area contributed by atoms with E-state index < -0.39 is 0 Å². The molecule has 0 aromatic heterocycles. The number of β-amino-alcohol motifs (C(OH)–C–C–N with tert-alkyl or cyclic N) is 1. The van der Waals surface area contributed by atoms with E-state index in [9.17, 15) is 9.90 Å². The van der Waals surface area contributed by atoms with Gasteiger partial charge in [-0.25, -0.2) is 4.79 Å². The van der Waals surface area contributed by atoms with Crippen LogP contribution >= 0.6 is 11.6 Å². The van der Waals surface area contributed by atoms with Crippen molar-refractivity contribution < 1.29 is 9.90 Å². The first-order chi connectivity index (χ1) is 10.4. The number of benzene rings is 1. The number of amides is 2. The van der Waals surface area contributed by atoms with E-state index in [-0.39, 0.29) is 18.2 Å². The largest absolute Gasteiger partial charge is 0.392 e. The molecule has 2 atom stereocenters. The molecule has 2 N–H and O–H groups in total. The van der Waals surface area contributed by atoms with E-state index in [2.05, 4.69) is 17.1 Å². The van der Waals surface area contributed by atoms with E-state index >= 15 is 0 Å². The molecule has 0 spiro atoms. The number of hydrogen-bond acceptors (Lipinski definition) is 3. The van der Waals surface area contributed by atoms with Gasteiger partial charge in [0.05, 0.1) is 6.10 Å². The molecule has 0 bridgehead atoms. The molecule has 0 radical (unpaired) electrons. The fourth-order valence-corrected chi connectivity index (χ4v) is 2.90. The zero-order chi connectivity index (χ0) is 16.3. The third kappa shape index (κ3) is 4.12. The van der Waals surface area contributed by atoms with Gasteiger partial charge in [-0.2, -0.15) is 0 Å². The molecule has 0 unspecified atom stereocenters. The monoisotopic (exact) mass is 325 g/mol. The van der Waals surface area contributed by atoms with Gasteiger partial charge in [0.25, 0.3) is 0 Å². The van der Waals surface area contributed by atoms with Crippen LogP contribution in [0.4, 0.5) is 10.5 Å². The van der Waals surface area contributed by atoms with E-state index in [1.54, 1.807) is 6.92 Å². The Hall–Kier alpha value is -1.30. The van der Waals surface area contributed by atoms with Crippen LogP contribution < -0.4 is 5.32 Å². The lowest BCUT2D eigenvalue weighted by atomic mass is 10.1. The van der Waals surface area contributed by atoms with Gasteiger partial charge >= 0.3 is 6.03 Å². The van der Waals surface area contributed by atoms with Crippen molar-refractivity contribution in [2.24, 2.45) is 0 Å². The third-order valence-corrected chi connectivity index (χ3v) is 4.47. The Labute approximate surface area is 136 Å². The fourth-order valence-electron chi connectivity index (χ4n) is 2.73. The summed E-state index contributed by atoms with van der Waals surface area (Å²) in [6, 6.07) is 5.62. The van der Waals surface area contributed by atoms with Crippen molar-refractivity contribution in [3.63, 3.8) is 0 Å². The van der Waals surface area contributed by atoms with Gasteiger partial charge in [-0.05, 0) is 38.5 Å². The molecule has 1 aliphatic heterocycles. The number of rotatable bonds is 3. The summed E-state index contributed by atoms with van der Waals surface area (Å²) in [6.45, 7) is 8.47. The van der Waals surface area contributed by atoms with Gasteiger partial charge in [0.15, 0.2) is 0 Å². The maximum atomic E-state index is 12.4. The molecule has 0 saturated carbocycles. The summed E-state index contributed by atoms with van der Waals surface area (Å²) in [5.41, 5.74) is 1.62. The van der Waals surface area contributed by atoms with Crippen molar-refractivity contribution in [3.05, 3.63) is 28.8 Å². The number of piperazine rings is 1. The van der Waals surface area contributed by atoms with Crippen LogP contribution in [0.25, 0.3) is 0 Å². The Balaban J connectivity index is 1.96. The number of hydrogen-bond donors (Lipinski definition) is 2. The summed E-state index contributed by atoms with van der Waals surface area (Å²) in [7, 11) is 0. The number of aliphatic hydroxyl groups excluding tert-OH is 1. The third-order valence-electron chi connectivity index (χ3n) is 4.06. The zero-order valence-electron chi connectivity index (χ0n) is 13.3. The zero-order valence-corrected chi connectivity index (χ0v) is 14.1. The minimum absolute atomic E-state index is 0.103. The molecule has 2 amide bonds. The predicted molar refractivity (Wildman–Crippen MR) is 89.5 cm³/mol. The van der Waals surface area contributed by atoms with Crippen LogP contribution in [0.3, 0.4) is 0 Å². The minimum Gasteiger partial charge on any atom is -0.392 e. The van der Waals surface area contributed by atoms with Crippen LogP contribution in [0.2, 0.25) is 5.02 Å². The highest BCUT2D eigenvalue weighted by Gasteiger charge is 2.27. The summed E-state index contributed by atoms with van der Waals surface area (Å²) in [5.74, 6) is 0. The molecule has 1 aliphatic rings. The maximum Gasteiger partial charge on any atom is 0.321 e. The number of aliphatic hydroxyl groups is 1. The van der Waals surface area contributed by atoms with Crippen molar-refractivity contribution in [2.45, 2.75) is 32.9 Å². The van der Waals surface area contributed by atoms with Gasteiger partial charge in [0.1, 0.15) is 0 Å². The SMILES string of the molecule is Cc1c(Cl)cccc1NC(=O)N1CCN(C[C@H](C)O)[C@H](C)C1. The lowest BCUT2D eigenvalue weighted by molar-refractivity contribution is 0.0590.